The number of nitrogens with one attached hydrogen (secondary N) is 4. The molecule has 0 amide bonds. The summed E-state index contributed by atoms with van der Waals surface area (Å²) in [5.74, 6) is 1.42. The monoisotopic (exact) mass is 496 g/mol. The van der Waals surface area contributed by atoms with Crippen LogP contribution in [-0.4, -0.2) is 38.3 Å². The molecule has 2 saturated heterocycles. The van der Waals surface area contributed by atoms with Crippen molar-refractivity contribution in [3.05, 3.63) is 59.7 Å². The van der Waals surface area contributed by atoms with Crippen molar-refractivity contribution in [1.29, 1.82) is 0 Å². The molecule has 204 valence electrons. The van der Waals surface area contributed by atoms with Gasteiger partial charge in [0, 0.05) is 36.5 Å². The van der Waals surface area contributed by atoms with E-state index in [0.717, 1.165) is 13.1 Å². The molecule has 0 aromatic heterocycles. The number of benzene rings is 2. The molecule has 36 heavy (non-hydrogen) atoms. The summed E-state index contributed by atoms with van der Waals surface area (Å²) in [5, 5.41) is 13.8. The lowest BCUT2D eigenvalue weighted by Crippen LogP contribution is -2.28. The van der Waals surface area contributed by atoms with Crippen molar-refractivity contribution in [2.24, 2.45) is 0 Å². The van der Waals surface area contributed by atoms with Crippen molar-refractivity contribution in [1.82, 2.24) is 10.6 Å². The van der Waals surface area contributed by atoms with E-state index >= 15 is 0 Å². The molecule has 2 aromatic rings. The minimum Gasteiger partial charge on any atom is -0.383 e. The molecular formula is C32H56N4. The number of anilines is 2. The van der Waals surface area contributed by atoms with Crippen LogP contribution in [0.25, 0.3) is 0 Å². The summed E-state index contributed by atoms with van der Waals surface area (Å²) in [6.45, 7) is 21.3. The average molecular weight is 497 g/mol. The van der Waals surface area contributed by atoms with Crippen LogP contribution in [0.15, 0.2) is 48.5 Å². The summed E-state index contributed by atoms with van der Waals surface area (Å²) in [6, 6.07) is 18.9. The van der Waals surface area contributed by atoms with Gasteiger partial charge in [0.25, 0.3) is 0 Å². The van der Waals surface area contributed by atoms with Gasteiger partial charge in [-0.3, -0.25) is 0 Å². The van der Waals surface area contributed by atoms with Gasteiger partial charge in [0.1, 0.15) is 0 Å². The highest BCUT2D eigenvalue weighted by Crippen LogP contribution is 2.25. The Bertz CT molecular complexity index is 688. The smallest absolute Gasteiger partial charge is 0.0342 e. The van der Waals surface area contributed by atoms with Gasteiger partial charge in [0.2, 0.25) is 0 Å². The van der Waals surface area contributed by atoms with E-state index in [1.54, 1.807) is 0 Å². The van der Waals surface area contributed by atoms with Crippen molar-refractivity contribution in [2.45, 2.75) is 105 Å². The lowest BCUT2D eigenvalue weighted by Gasteiger charge is -2.23. The van der Waals surface area contributed by atoms with Crippen molar-refractivity contribution in [3.8, 4) is 0 Å². The van der Waals surface area contributed by atoms with Gasteiger partial charge in [0.05, 0.1) is 0 Å². The molecule has 2 fully saturated rings. The molecule has 0 saturated carbocycles. The van der Waals surface area contributed by atoms with Crippen LogP contribution >= 0.6 is 0 Å². The molecule has 4 N–H and O–H groups in total. The molecule has 0 unspecified atom stereocenters. The third-order valence-electron chi connectivity index (χ3n) is 6.27. The zero-order valence-electron chi connectivity index (χ0n) is 24.6. The van der Waals surface area contributed by atoms with E-state index in [-0.39, 0.29) is 0 Å². The zero-order chi connectivity index (χ0) is 26.8. The fraction of sp³-hybridized carbons (Fsp3) is 0.625. The Balaban J connectivity index is 0.000000317. The SMILES string of the molecule is CC.CC.CC(C)Nc1ccc([C@@H]2CCCNC2)cc1.CC(C)Nc1ccc([C@H]2CCCNC2)cc1. The molecule has 0 bridgehead atoms. The zero-order valence-corrected chi connectivity index (χ0v) is 24.6. The lowest BCUT2D eigenvalue weighted by atomic mass is 9.91. The molecule has 4 nitrogen and oxygen atoms in total. The van der Waals surface area contributed by atoms with Crippen molar-refractivity contribution in [2.75, 3.05) is 36.8 Å². The van der Waals surface area contributed by atoms with E-state index in [2.05, 4.69) is 97.5 Å². The highest BCUT2D eigenvalue weighted by atomic mass is 14.9. The number of hydrogen-bond acceptors (Lipinski definition) is 4. The summed E-state index contributed by atoms with van der Waals surface area (Å²) in [5.41, 5.74) is 5.40. The van der Waals surface area contributed by atoms with Crippen LogP contribution in [0.3, 0.4) is 0 Å². The highest BCUT2D eigenvalue weighted by Gasteiger charge is 2.15. The van der Waals surface area contributed by atoms with Crippen molar-refractivity contribution < 1.29 is 0 Å². The summed E-state index contributed by atoms with van der Waals surface area (Å²) >= 11 is 0. The first kappa shape index (κ1) is 32.0. The molecule has 2 heterocycles. The van der Waals surface area contributed by atoms with Gasteiger partial charge in [-0.25, -0.2) is 0 Å². The average Bonchev–Trinajstić information content (AvgIpc) is 2.93. The van der Waals surface area contributed by atoms with Gasteiger partial charge in [-0.15, -0.1) is 0 Å². The first-order valence-electron chi connectivity index (χ1n) is 14.7. The van der Waals surface area contributed by atoms with E-state index in [4.69, 9.17) is 0 Å². The number of hydrogen-bond donors (Lipinski definition) is 4. The van der Waals surface area contributed by atoms with Crippen LogP contribution in [0.2, 0.25) is 0 Å². The summed E-state index contributed by atoms with van der Waals surface area (Å²) in [4.78, 5) is 0. The molecule has 2 aliphatic rings. The van der Waals surface area contributed by atoms with Crippen LogP contribution < -0.4 is 21.3 Å². The van der Waals surface area contributed by atoms with E-state index in [1.807, 2.05) is 27.7 Å². The Kier molecular flexibility index (Phi) is 17.0. The van der Waals surface area contributed by atoms with Crippen LogP contribution in [0, 0.1) is 0 Å². The predicted octanol–water partition coefficient (Wildman–Crippen LogP) is 8.00. The van der Waals surface area contributed by atoms with Crippen LogP contribution in [0.4, 0.5) is 11.4 Å². The van der Waals surface area contributed by atoms with Crippen molar-refractivity contribution >= 4 is 11.4 Å². The minimum absolute atomic E-state index is 0.502. The molecule has 0 radical (unpaired) electrons. The maximum atomic E-state index is 3.46. The Morgan fingerprint density at radius 3 is 1.17 bits per heavy atom. The summed E-state index contributed by atoms with van der Waals surface area (Å²) < 4.78 is 0. The summed E-state index contributed by atoms with van der Waals surface area (Å²) in [7, 11) is 0. The Labute approximate surface area is 223 Å². The molecule has 2 aliphatic heterocycles. The summed E-state index contributed by atoms with van der Waals surface area (Å²) in [6.07, 6.45) is 5.25. The highest BCUT2D eigenvalue weighted by molar-refractivity contribution is 5.46. The lowest BCUT2D eigenvalue weighted by molar-refractivity contribution is 0.461. The minimum atomic E-state index is 0.502. The maximum Gasteiger partial charge on any atom is 0.0342 e. The molecule has 2 atom stereocenters. The Morgan fingerprint density at radius 1 is 0.583 bits per heavy atom. The van der Waals surface area contributed by atoms with Gasteiger partial charge in [-0.1, -0.05) is 52.0 Å². The Hall–Kier alpha value is -2.04. The molecule has 4 heteroatoms. The number of piperidine rings is 2. The Morgan fingerprint density at radius 2 is 0.917 bits per heavy atom. The normalized spacial score (nSPS) is 19.1. The second-order valence-electron chi connectivity index (χ2n) is 9.93. The first-order valence-corrected chi connectivity index (χ1v) is 14.7. The molecular weight excluding hydrogens is 440 g/mol. The first-order chi connectivity index (χ1) is 17.5. The predicted molar refractivity (Wildman–Crippen MR) is 163 cm³/mol. The van der Waals surface area contributed by atoms with Gasteiger partial charge in [-0.05, 0) is 114 Å². The van der Waals surface area contributed by atoms with E-state index in [1.165, 1.54) is 61.3 Å². The van der Waals surface area contributed by atoms with Crippen LogP contribution in [0.5, 0.6) is 0 Å². The van der Waals surface area contributed by atoms with Gasteiger partial charge in [0.15, 0.2) is 0 Å². The fourth-order valence-electron chi connectivity index (χ4n) is 4.64. The van der Waals surface area contributed by atoms with Gasteiger partial charge in [-0.2, -0.15) is 0 Å². The van der Waals surface area contributed by atoms with Crippen molar-refractivity contribution in [3.63, 3.8) is 0 Å². The molecule has 0 spiro atoms. The van der Waals surface area contributed by atoms with Crippen LogP contribution in [0.1, 0.15) is 104 Å². The third kappa shape index (κ3) is 12.3. The second kappa shape index (κ2) is 19.1. The molecule has 4 rings (SSSR count). The van der Waals surface area contributed by atoms with E-state index in [0.29, 0.717) is 23.9 Å². The molecule has 2 aromatic carbocycles. The standard InChI is InChI=1S/2C14H22N2.2C2H6/c2*1-11(2)16-14-7-5-12(6-8-14)13-4-3-9-15-10-13;2*1-2/h2*5-8,11,13,15-16H,3-4,9-10H2,1-2H3;2*1-2H3/t2*13-;;/m10../s1. The largest absolute Gasteiger partial charge is 0.383 e. The quantitative estimate of drug-likeness (QED) is 0.327. The second-order valence-corrected chi connectivity index (χ2v) is 9.93. The van der Waals surface area contributed by atoms with Crippen LogP contribution in [-0.2, 0) is 0 Å². The van der Waals surface area contributed by atoms with E-state index in [9.17, 15) is 0 Å². The molecule has 0 aliphatic carbocycles. The van der Waals surface area contributed by atoms with Gasteiger partial charge < -0.3 is 21.3 Å². The van der Waals surface area contributed by atoms with E-state index < -0.39 is 0 Å². The van der Waals surface area contributed by atoms with Gasteiger partial charge >= 0.3 is 0 Å². The number of rotatable bonds is 6. The fourth-order valence-corrected chi connectivity index (χ4v) is 4.64. The maximum absolute atomic E-state index is 3.46. The third-order valence-corrected chi connectivity index (χ3v) is 6.27. The topological polar surface area (TPSA) is 48.1 Å².